The van der Waals surface area contributed by atoms with Crippen molar-refractivity contribution < 1.29 is 9.90 Å². The van der Waals surface area contributed by atoms with Crippen molar-refractivity contribution in [2.45, 2.75) is 64.9 Å². The molecule has 2 aliphatic rings. The second-order valence-corrected chi connectivity index (χ2v) is 7.22. The lowest BCUT2D eigenvalue weighted by atomic mass is 9.62. The van der Waals surface area contributed by atoms with Gasteiger partial charge in [-0.3, -0.25) is 4.79 Å². The fourth-order valence-corrected chi connectivity index (χ4v) is 4.27. The molecule has 132 valence electrons. The molecule has 2 aliphatic carbocycles. The van der Waals surface area contributed by atoms with Crippen LogP contribution in [0.25, 0.3) is 0 Å². The monoisotopic (exact) mass is 330 g/mol. The first kappa shape index (κ1) is 18.7. The molecule has 0 unspecified atom stereocenters. The summed E-state index contributed by atoms with van der Waals surface area (Å²) in [7, 11) is 0. The highest BCUT2D eigenvalue weighted by molar-refractivity contribution is 5.88. The van der Waals surface area contributed by atoms with Gasteiger partial charge in [0, 0.05) is 19.0 Å². The Hall–Kier alpha value is -1.60. The first-order valence-corrected chi connectivity index (χ1v) is 9.27. The number of rotatable bonds is 6. The van der Waals surface area contributed by atoms with Crippen LogP contribution in [-0.2, 0) is 4.79 Å². The van der Waals surface area contributed by atoms with Crippen molar-refractivity contribution in [2.24, 2.45) is 17.8 Å². The summed E-state index contributed by atoms with van der Waals surface area (Å²) in [5.41, 5.74) is 2.38. The molecule has 2 N–H and O–H groups in total. The number of aliphatic hydroxyl groups excluding tert-OH is 1. The number of allylic oxidation sites excluding steroid dienone is 2. The predicted octanol–water partition coefficient (Wildman–Crippen LogP) is 3.49. The third-order valence-electron chi connectivity index (χ3n) is 5.55. The number of nitrogens with one attached hydrogen (secondary N) is 1. The molecule has 1 amide bonds. The zero-order chi connectivity index (χ0) is 17.5. The van der Waals surface area contributed by atoms with Gasteiger partial charge < -0.3 is 10.4 Å². The molecule has 4 atom stereocenters. The standard InChI is InChI=1S/C20H30N2O2/c1-3-4-10-22-20(24)13-15-7-8-17-16(6-5-9-21)14(2)11-19(23)18(17)12-15/h11,13,16-19,23H,3-8,10,12H2,1-2H3,(H,22,24)/b15-13-/t16-,17+,18-,19-/m1/s1. The Balaban J connectivity index is 2.02. The highest BCUT2D eigenvalue weighted by Crippen LogP contribution is 2.46. The number of aliphatic hydroxyl groups is 1. The average Bonchev–Trinajstić information content (AvgIpc) is 2.55. The van der Waals surface area contributed by atoms with Gasteiger partial charge in [-0.15, -0.1) is 0 Å². The van der Waals surface area contributed by atoms with Crippen LogP contribution in [0, 0.1) is 29.1 Å². The van der Waals surface area contributed by atoms with Crippen molar-refractivity contribution in [3.05, 3.63) is 23.3 Å². The van der Waals surface area contributed by atoms with Gasteiger partial charge in [0.15, 0.2) is 0 Å². The molecule has 0 bridgehead atoms. The van der Waals surface area contributed by atoms with Crippen LogP contribution in [0.4, 0.5) is 0 Å². The molecule has 0 aromatic rings. The zero-order valence-corrected chi connectivity index (χ0v) is 14.9. The average molecular weight is 330 g/mol. The molecule has 1 saturated carbocycles. The molecule has 4 heteroatoms. The van der Waals surface area contributed by atoms with Crippen LogP contribution in [0.1, 0.15) is 58.8 Å². The van der Waals surface area contributed by atoms with Crippen LogP contribution in [0.3, 0.4) is 0 Å². The number of unbranched alkanes of at least 4 members (excludes halogenated alkanes) is 1. The summed E-state index contributed by atoms with van der Waals surface area (Å²) < 4.78 is 0. The van der Waals surface area contributed by atoms with E-state index in [4.69, 9.17) is 5.26 Å². The first-order valence-electron chi connectivity index (χ1n) is 9.27. The van der Waals surface area contributed by atoms with E-state index in [0.717, 1.165) is 50.6 Å². The third kappa shape index (κ3) is 4.70. The number of hydrogen-bond donors (Lipinski definition) is 2. The summed E-state index contributed by atoms with van der Waals surface area (Å²) >= 11 is 0. The molecule has 0 radical (unpaired) electrons. The first-order chi connectivity index (χ1) is 11.6. The van der Waals surface area contributed by atoms with Crippen molar-refractivity contribution >= 4 is 5.91 Å². The normalized spacial score (nSPS) is 31.1. The minimum Gasteiger partial charge on any atom is -0.389 e. The fraction of sp³-hybridized carbons (Fsp3) is 0.700. The van der Waals surface area contributed by atoms with E-state index in [1.54, 1.807) is 6.08 Å². The number of hydrogen-bond acceptors (Lipinski definition) is 3. The van der Waals surface area contributed by atoms with Crippen LogP contribution >= 0.6 is 0 Å². The summed E-state index contributed by atoms with van der Waals surface area (Å²) in [5.74, 6) is 1.01. The summed E-state index contributed by atoms with van der Waals surface area (Å²) in [5, 5.41) is 22.3. The maximum atomic E-state index is 12.0. The lowest BCUT2D eigenvalue weighted by Gasteiger charge is -2.44. The van der Waals surface area contributed by atoms with E-state index in [-0.39, 0.29) is 11.8 Å². The molecule has 0 aromatic carbocycles. The van der Waals surface area contributed by atoms with Crippen molar-refractivity contribution in [1.29, 1.82) is 5.26 Å². The maximum absolute atomic E-state index is 12.0. The van der Waals surface area contributed by atoms with Crippen LogP contribution in [0.15, 0.2) is 23.3 Å². The van der Waals surface area contributed by atoms with E-state index in [9.17, 15) is 9.90 Å². The van der Waals surface area contributed by atoms with E-state index in [1.807, 2.05) is 6.08 Å². The maximum Gasteiger partial charge on any atom is 0.243 e. The Morgan fingerprint density at radius 1 is 1.50 bits per heavy atom. The second kappa shape index (κ2) is 9.03. The van der Waals surface area contributed by atoms with Gasteiger partial charge in [0.25, 0.3) is 0 Å². The summed E-state index contributed by atoms with van der Waals surface area (Å²) in [4.78, 5) is 12.0. The highest BCUT2D eigenvalue weighted by Gasteiger charge is 2.40. The Labute approximate surface area is 145 Å². The van der Waals surface area contributed by atoms with Gasteiger partial charge in [0.05, 0.1) is 12.2 Å². The quantitative estimate of drug-likeness (QED) is 0.445. The van der Waals surface area contributed by atoms with Crippen LogP contribution < -0.4 is 5.32 Å². The number of amides is 1. The molecule has 0 aliphatic heterocycles. The summed E-state index contributed by atoms with van der Waals surface area (Å²) in [6.07, 6.45) is 9.51. The van der Waals surface area contributed by atoms with E-state index in [1.165, 1.54) is 5.57 Å². The molecule has 1 fully saturated rings. The van der Waals surface area contributed by atoms with Gasteiger partial charge in [-0.25, -0.2) is 0 Å². The summed E-state index contributed by atoms with van der Waals surface area (Å²) in [6, 6.07) is 2.25. The molecule has 0 heterocycles. The van der Waals surface area contributed by atoms with Crippen LogP contribution in [-0.4, -0.2) is 23.7 Å². The number of nitrogens with zero attached hydrogens (tertiary/aromatic N) is 1. The van der Waals surface area contributed by atoms with E-state index in [0.29, 0.717) is 18.3 Å². The smallest absolute Gasteiger partial charge is 0.243 e. The van der Waals surface area contributed by atoms with Crippen molar-refractivity contribution in [3.8, 4) is 6.07 Å². The number of nitriles is 1. The van der Waals surface area contributed by atoms with Crippen LogP contribution in [0.5, 0.6) is 0 Å². The molecule has 0 saturated heterocycles. The number of fused-ring (bicyclic) bond motifs is 1. The van der Waals surface area contributed by atoms with Gasteiger partial charge in [-0.05, 0) is 56.8 Å². The lowest BCUT2D eigenvalue weighted by Crippen LogP contribution is -2.39. The van der Waals surface area contributed by atoms with Crippen LogP contribution in [0.2, 0.25) is 0 Å². The number of carbonyl (C=O) groups is 1. The van der Waals surface area contributed by atoms with Gasteiger partial charge in [0.2, 0.25) is 5.91 Å². The molecular weight excluding hydrogens is 300 g/mol. The number of carbonyl (C=O) groups excluding carboxylic acids is 1. The van der Waals surface area contributed by atoms with Gasteiger partial charge in [0.1, 0.15) is 0 Å². The van der Waals surface area contributed by atoms with E-state index in [2.05, 4.69) is 25.2 Å². The topological polar surface area (TPSA) is 73.1 Å². The zero-order valence-electron chi connectivity index (χ0n) is 14.9. The lowest BCUT2D eigenvalue weighted by molar-refractivity contribution is -0.116. The molecule has 0 spiro atoms. The second-order valence-electron chi connectivity index (χ2n) is 7.22. The van der Waals surface area contributed by atoms with Crippen molar-refractivity contribution in [3.63, 3.8) is 0 Å². The van der Waals surface area contributed by atoms with E-state index < -0.39 is 6.10 Å². The largest absolute Gasteiger partial charge is 0.389 e. The molecule has 24 heavy (non-hydrogen) atoms. The Bertz CT molecular complexity index is 544. The molecule has 2 rings (SSSR count). The molecule has 0 aromatic heterocycles. The van der Waals surface area contributed by atoms with Crippen molar-refractivity contribution in [2.75, 3.05) is 6.54 Å². The Kier molecular flexibility index (Phi) is 7.05. The van der Waals surface area contributed by atoms with E-state index >= 15 is 0 Å². The van der Waals surface area contributed by atoms with Crippen molar-refractivity contribution in [1.82, 2.24) is 5.32 Å². The minimum atomic E-state index is -0.430. The van der Waals surface area contributed by atoms with Gasteiger partial charge in [-0.2, -0.15) is 5.26 Å². The Morgan fingerprint density at radius 2 is 2.29 bits per heavy atom. The third-order valence-corrected chi connectivity index (χ3v) is 5.55. The molecular formula is C20H30N2O2. The van der Waals surface area contributed by atoms with Gasteiger partial charge >= 0.3 is 0 Å². The highest BCUT2D eigenvalue weighted by atomic mass is 16.3. The van der Waals surface area contributed by atoms with Gasteiger partial charge in [-0.1, -0.05) is 30.6 Å². The minimum absolute atomic E-state index is 0.00467. The Morgan fingerprint density at radius 3 is 3.00 bits per heavy atom. The predicted molar refractivity (Wildman–Crippen MR) is 94.9 cm³/mol. The summed E-state index contributed by atoms with van der Waals surface area (Å²) in [6.45, 7) is 4.91. The molecule has 4 nitrogen and oxygen atoms in total. The SMILES string of the molecule is CCCCNC(=O)/C=C1/CC[C@@H]2[C@@H](C1)[C@H](O)C=C(C)[C@H]2CCC#N. The fourth-order valence-electron chi connectivity index (χ4n) is 4.27.